The van der Waals surface area contributed by atoms with Gasteiger partial charge in [0.25, 0.3) is 0 Å². The summed E-state index contributed by atoms with van der Waals surface area (Å²) in [6.07, 6.45) is 4.23. The van der Waals surface area contributed by atoms with Gasteiger partial charge in [0.2, 0.25) is 0 Å². The molecule has 0 saturated carbocycles. The largest absolute Gasteiger partial charge is 0.457 e. The summed E-state index contributed by atoms with van der Waals surface area (Å²) in [6, 6.07) is 30.6. The van der Waals surface area contributed by atoms with E-state index in [-0.39, 0.29) is 10.8 Å². The number of anilines is 1. The van der Waals surface area contributed by atoms with Crippen LogP contribution in [0.3, 0.4) is 0 Å². The van der Waals surface area contributed by atoms with Gasteiger partial charge in [-0.05, 0) is 64.4 Å². The fraction of sp³-hybridized carbons (Fsp3) is 0.278. The van der Waals surface area contributed by atoms with Crippen molar-refractivity contribution in [2.75, 3.05) is 18.6 Å². The Morgan fingerprint density at radius 1 is 0.600 bits per heavy atom. The second-order valence-electron chi connectivity index (χ2n) is 13.1. The van der Waals surface area contributed by atoms with Crippen molar-refractivity contribution >= 4 is 27.5 Å². The van der Waals surface area contributed by atoms with Gasteiger partial charge < -0.3 is 19.1 Å². The van der Waals surface area contributed by atoms with Crippen LogP contribution in [0.15, 0.2) is 97.3 Å². The van der Waals surface area contributed by atoms with Crippen LogP contribution in [0.25, 0.3) is 27.5 Å². The van der Waals surface area contributed by atoms with E-state index in [2.05, 4.69) is 160 Å². The zero-order valence-electron chi connectivity index (χ0n) is 24.7. The average molecular weight is 530 g/mol. The highest BCUT2D eigenvalue weighted by atomic mass is 16.5. The number of para-hydroxylation sites is 1. The third-order valence-electron chi connectivity index (χ3n) is 7.82. The van der Waals surface area contributed by atoms with Crippen LogP contribution in [-0.2, 0) is 10.8 Å². The number of fused-ring (bicyclic) bond motifs is 3. The Hall–Kier alpha value is -4.18. The Balaban J connectivity index is 1.47. The van der Waals surface area contributed by atoms with Crippen molar-refractivity contribution in [1.29, 1.82) is 0 Å². The van der Waals surface area contributed by atoms with E-state index in [9.17, 15) is 0 Å². The van der Waals surface area contributed by atoms with E-state index in [1.54, 1.807) is 0 Å². The molecule has 0 spiro atoms. The molecule has 0 unspecified atom stereocenters. The second-order valence-corrected chi connectivity index (χ2v) is 13.1. The molecular formula is C36H39N3O. The van der Waals surface area contributed by atoms with Crippen LogP contribution in [0, 0.1) is 0 Å². The van der Waals surface area contributed by atoms with E-state index in [1.807, 2.05) is 0 Å². The Morgan fingerprint density at radius 3 is 2.05 bits per heavy atom. The third-order valence-corrected chi connectivity index (χ3v) is 7.82. The zero-order valence-corrected chi connectivity index (χ0v) is 24.7. The van der Waals surface area contributed by atoms with Crippen LogP contribution in [0.4, 0.5) is 5.69 Å². The minimum Gasteiger partial charge on any atom is -0.457 e. The molecule has 6 rings (SSSR count). The smallest absolute Gasteiger partial charge is 0.129 e. The zero-order chi connectivity index (χ0) is 28.2. The molecule has 0 bridgehead atoms. The van der Waals surface area contributed by atoms with Crippen molar-refractivity contribution < 1.29 is 4.74 Å². The lowest BCUT2D eigenvalue weighted by Gasteiger charge is -2.25. The Kier molecular flexibility index (Phi) is 6.18. The summed E-state index contributed by atoms with van der Waals surface area (Å²) in [5, 5.41) is 2.46. The van der Waals surface area contributed by atoms with Crippen molar-refractivity contribution in [3.05, 3.63) is 108 Å². The number of benzene rings is 4. The molecule has 0 atom stereocenters. The highest BCUT2D eigenvalue weighted by Crippen LogP contribution is 2.38. The lowest BCUT2D eigenvalue weighted by Crippen LogP contribution is -2.22. The van der Waals surface area contributed by atoms with Gasteiger partial charge in [-0.25, -0.2) is 0 Å². The SMILES string of the molecule is CN1C=CN(c2cc(Oc3ccc4c5ccccc5n(-c5cccc(C(C)(C)C)c5)c4c3)cc(C(C)(C)C)c2)C1. The summed E-state index contributed by atoms with van der Waals surface area (Å²) in [7, 11) is 2.09. The first kappa shape index (κ1) is 26.1. The predicted octanol–water partition coefficient (Wildman–Crippen LogP) is 9.35. The monoisotopic (exact) mass is 529 g/mol. The lowest BCUT2D eigenvalue weighted by molar-refractivity contribution is 0.477. The molecule has 5 aromatic rings. The van der Waals surface area contributed by atoms with Crippen molar-refractivity contribution in [2.24, 2.45) is 0 Å². The van der Waals surface area contributed by atoms with Crippen LogP contribution < -0.4 is 9.64 Å². The topological polar surface area (TPSA) is 20.6 Å². The lowest BCUT2D eigenvalue weighted by atomic mass is 9.86. The Morgan fingerprint density at radius 2 is 1.32 bits per heavy atom. The molecule has 1 aliphatic heterocycles. The molecule has 40 heavy (non-hydrogen) atoms. The number of rotatable bonds is 4. The standard InChI is InChI=1S/C36H39N3O/c1-35(2,3)25-11-10-12-27(19-25)39-33-14-9-8-13-31(33)32-16-15-29(23-34(32)39)40-30-21-26(36(4,5)6)20-28(22-30)38-18-17-37(7)24-38/h8-23H,24H2,1-7H3. The third kappa shape index (κ3) is 4.83. The molecular weight excluding hydrogens is 490 g/mol. The Bertz CT molecular complexity index is 1750. The molecule has 0 N–H and O–H groups in total. The molecule has 0 fully saturated rings. The molecule has 0 radical (unpaired) electrons. The van der Waals surface area contributed by atoms with Crippen molar-refractivity contribution in [3.63, 3.8) is 0 Å². The molecule has 0 aliphatic carbocycles. The van der Waals surface area contributed by atoms with Gasteiger partial charge in [0.05, 0.1) is 17.7 Å². The van der Waals surface area contributed by atoms with Gasteiger partial charge in [-0.2, -0.15) is 0 Å². The summed E-state index contributed by atoms with van der Waals surface area (Å²) in [5.41, 5.74) is 7.27. The molecule has 4 aromatic carbocycles. The van der Waals surface area contributed by atoms with E-state index in [1.165, 1.54) is 27.4 Å². The van der Waals surface area contributed by atoms with Crippen LogP contribution in [-0.4, -0.2) is 23.2 Å². The molecule has 0 amide bonds. The van der Waals surface area contributed by atoms with Gasteiger partial charge in [0, 0.05) is 53.7 Å². The van der Waals surface area contributed by atoms with Gasteiger partial charge in [-0.3, -0.25) is 0 Å². The Labute approximate surface area is 238 Å². The van der Waals surface area contributed by atoms with Gasteiger partial charge in [-0.1, -0.05) is 71.9 Å². The van der Waals surface area contributed by atoms with Crippen LogP contribution in [0.2, 0.25) is 0 Å². The van der Waals surface area contributed by atoms with Crippen molar-refractivity contribution in [3.8, 4) is 17.2 Å². The number of aromatic nitrogens is 1. The number of nitrogens with zero attached hydrogens (tertiary/aromatic N) is 3. The second kappa shape index (κ2) is 9.48. The van der Waals surface area contributed by atoms with Gasteiger partial charge in [-0.15, -0.1) is 0 Å². The highest BCUT2D eigenvalue weighted by Gasteiger charge is 2.21. The molecule has 2 heterocycles. The first-order valence-electron chi connectivity index (χ1n) is 14.1. The van der Waals surface area contributed by atoms with Crippen LogP contribution >= 0.6 is 0 Å². The molecule has 0 saturated heterocycles. The van der Waals surface area contributed by atoms with E-state index >= 15 is 0 Å². The highest BCUT2D eigenvalue weighted by molar-refractivity contribution is 6.09. The quantitative estimate of drug-likeness (QED) is 0.231. The first-order valence-corrected chi connectivity index (χ1v) is 14.1. The van der Waals surface area contributed by atoms with Gasteiger partial charge in [0.1, 0.15) is 11.5 Å². The number of hydrogen-bond donors (Lipinski definition) is 0. The van der Waals surface area contributed by atoms with Gasteiger partial charge in [0.15, 0.2) is 0 Å². The summed E-state index contributed by atoms with van der Waals surface area (Å²) in [6.45, 7) is 14.4. The number of hydrogen-bond acceptors (Lipinski definition) is 3. The maximum absolute atomic E-state index is 6.64. The fourth-order valence-electron chi connectivity index (χ4n) is 5.48. The molecule has 204 valence electrons. The fourth-order valence-corrected chi connectivity index (χ4v) is 5.48. The molecule has 1 aliphatic rings. The summed E-state index contributed by atoms with van der Waals surface area (Å²) < 4.78 is 9.01. The normalized spacial score (nSPS) is 14.1. The summed E-state index contributed by atoms with van der Waals surface area (Å²) >= 11 is 0. The van der Waals surface area contributed by atoms with E-state index in [4.69, 9.17) is 4.74 Å². The van der Waals surface area contributed by atoms with E-state index < -0.39 is 0 Å². The van der Waals surface area contributed by atoms with Gasteiger partial charge >= 0.3 is 0 Å². The van der Waals surface area contributed by atoms with E-state index in [0.29, 0.717) is 0 Å². The van der Waals surface area contributed by atoms with E-state index in [0.717, 1.165) is 35.1 Å². The maximum atomic E-state index is 6.64. The minimum absolute atomic E-state index is 0.00207. The first-order chi connectivity index (χ1) is 19.0. The number of ether oxygens (including phenoxy) is 1. The van der Waals surface area contributed by atoms with Crippen LogP contribution in [0.1, 0.15) is 52.7 Å². The summed E-state index contributed by atoms with van der Waals surface area (Å²) in [4.78, 5) is 4.43. The minimum atomic E-state index is -0.00207. The van der Waals surface area contributed by atoms with Crippen LogP contribution in [0.5, 0.6) is 11.5 Å². The predicted molar refractivity (Wildman–Crippen MR) is 169 cm³/mol. The molecule has 4 nitrogen and oxygen atoms in total. The molecule has 4 heteroatoms. The maximum Gasteiger partial charge on any atom is 0.129 e. The summed E-state index contributed by atoms with van der Waals surface area (Å²) in [5.74, 6) is 1.68. The van der Waals surface area contributed by atoms with Crippen molar-refractivity contribution in [2.45, 2.75) is 52.4 Å². The van der Waals surface area contributed by atoms with Crippen molar-refractivity contribution in [1.82, 2.24) is 9.47 Å². The average Bonchev–Trinajstić information content (AvgIpc) is 3.48. The molecule has 1 aromatic heterocycles.